The predicted octanol–water partition coefficient (Wildman–Crippen LogP) is 4.29. The van der Waals surface area contributed by atoms with Gasteiger partial charge in [0.15, 0.2) is 5.96 Å². The molecule has 0 spiro atoms. The number of hydrogen-bond acceptors (Lipinski definition) is 3. The van der Waals surface area contributed by atoms with Gasteiger partial charge in [-0.05, 0) is 48.4 Å². The molecule has 1 heterocycles. The van der Waals surface area contributed by atoms with Crippen molar-refractivity contribution >= 4 is 39.2 Å². The molecule has 21 heavy (non-hydrogen) atoms. The van der Waals surface area contributed by atoms with E-state index in [2.05, 4.69) is 44.9 Å². The van der Waals surface area contributed by atoms with E-state index >= 15 is 0 Å². The summed E-state index contributed by atoms with van der Waals surface area (Å²) in [5, 5.41) is 0.711. The zero-order valence-electron chi connectivity index (χ0n) is 11.6. The van der Waals surface area contributed by atoms with E-state index < -0.39 is 0 Å². The molecule has 1 aliphatic rings. The number of benzene rings is 2. The molecule has 1 unspecified atom stereocenters. The van der Waals surface area contributed by atoms with Gasteiger partial charge in [-0.15, -0.1) is 0 Å². The summed E-state index contributed by atoms with van der Waals surface area (Å²) in [6.07, 6.45) is 0. The molecule has 0 amide bonds. The van der Waals surface area contributed by atoms with E-state index in [9.17, 15) is 0 Å². The van der Waals surface area contributed by atoms with Crippen LogP contribution in [-0.2, 0) is 0 Å². The van der Waals surface area contributed by atoms with Crippen LogP contribution in [-0.4, -0.2) is 12.5 Å². The Labute approximate surface area is 137 Å². The Morgan fingerprint density at radius 3 is 2.86 bits per heavy atom. The number of guanidine groups is 1. The molecule has 0 saturated heterocycles. The fourth-order valence-electron chi connectivity index (χ4n) is 2.59. The Bertz CT molecular complexity index is 714. The van der Waals surface area contributed by atoms with Gasteiger partial charge >= 0.3 is 0 Å². The van der Waals surface area contributed by atoms with Crippen LogP contribution in [0.15, 0.2) is 51.9 Å². The highest BCUT2D eigenvalue weighted by Crippen LogP contribution is 2.36. The Morgan fingerprint density at radius 2 is 2.10 bits per heavy atom. The molecule has 3 rings (SSSR count). The van der Waals surface area contributed by atoms with E-state index in [0.29, 0.717) is 17.5 Å². The van der Waals surface area contributed by atoms with E-state index in [1.807, 2.05) is 30.3 Å². The van der Waals surface area contributed by atoms with Crippen molar-refractivity contribution in [2.75, 3.05) is 11.4 Å². The molecule has 3 nitrogen and oxygen atoms in total. The molecule has 0 aliphatic carbocycles. The van der Waals surface area contributed by atoms with Crippen LogP contribution in [0.3, 0.4) is 0 Å². The van der Waals surface area contributed by atoms with Crippen molar-refractivity contribution in [3.8, 4) is 0 Å². The molecule has 0 aromatic heterocycles. The van der Waals surface area contributed by atoms with Gasteiger partial charge in [-0.3, -0.25) is 4.99 Å². The van der Waals surface area contributed by atoms with E-state index in [4.69, 9.17) is 17.3 Å². The highest BCUT2D eigenvalue weighted by Gasteiger charge is 2.30. The highest BCUT2D eigenvalue weighted by atomic mass is 79.9. The largest absolute Gasteiger partial charge is 0.369 e. The first-order valence-electron chi connectivity index (χ1n) is 6.67. The first kappa shape index (κ1) is 14.4. The van der Waals surface area contributed by atoms with Crippen molar-refractivity contribution in [2.24, 2.45) is 10.7 Å². The van der Waals surface area contributed by atoms with Crippen LogP contribution in [0.1, 0.15) is 17.2 Å². The lowest BCUT2D eigenvalue weighted by atomic mass is 10.1. The average molecular weight is 365 g/mol. The molecule has 2 aromatic carbocycles. The molecule has 2 aromatic rings. The monoisotopic (exact) mass is 363 g/mol. The number of aryl methyl sites for hydroxylation is 1. The quantitative estimate of drug-likeness (QED) is 0.864. The molecular formula is C16H15BrClN3. The maximum atomic E-state index is 6.14. The lowest BCUT2D eigenvalue weighted by molar-refractivity contribution is 0.764. The molecule has 0 radical (unpaired) electrons. The van der Waals surface area contributed by atoms with Crippen LogP contribution in [0.25, 0.3) is 0 Å². The summed E-state index contributed by atoms with van der Waals surface area (Å²) in [6, 6.07) is 14.1. The third kappa shape index (κ3) is 2.78. The van der Waals surface area contributed by atoms with Crippen molar-refractivity contribution in [3.63, 3.8) is 0 Å². The lowest BCUT2D eigenvalue weighted by Gasteiger charge is -2.27. The van der Waals surface area contributed by atoms with Crippen LogP contribution in [0.2, 0.25) is 5.02 Å². The molecule has 2 N–H and O–H groups in total. The number of aliphatic imine (C=N–C) groups is 1. The van der Waals surface area contributed by atoms with Gasteiger partial charge in [0.1, 0.15) is 0 Å². The average Bonchev–Trinajstić information content (AvgIpc) is 2.83. The third-order valence-electron chi connectivity index (χ3n) is 3.58. The van der Waals surface area contributed by atoms with Gasteiger partial charge in [0.2, 0.25) is 0 Å². The zero-order valence-corrected chi connectivity index (χ0v) is 13.9. The fraction of sp³-hybridized carbons (Fsp3) is 0.188. The minimum Gasteiger partial charge on any atom is -0.369 e. The zero-order chi connectivity index (χ0) is 15.0. The standard InChI is InChI=1S/C16H15BrClN3/c1-10-3-2-4-12(7-10)21-15(9-20-16(21)19)13-8-11(18)5-6-14(13)17/h2-8,15H,9H2,1H3,(H2,19,20). The third-order valence-corrected chi connectivity index (χ3v) is 4.54. The van der Waals surface area contributed by atoms with Gasteiger partial charge in [-0.25, -0.2) is 0 Å². The van der Waals surface area contributed by atoms with Crippen molar-refractivity contribution in [2.45, 2.75) is 13.0 Å². The Balaban J connectivity index is 2.05. The van der Waals surface area contributed by atoms with E-state index in [0.717, 1.165) is 15.7 Å². The summed E-state index contributed by atoms with van der Waals surface area (Å²) in [5.74, 6) is 0.539. The second-order valence-electron chi connectivity index (χ2n) is 5.09. The van der Waals surface area contributed by atoms with E-state index in [1.165, 1.54) is 5.56 Å². The van der Waals surface area contributed by atoms with Crippen LogP contribution in [0.4, 0.5) is 5.69 Å². The van der Waals surface area contributed by atoms with Gasteiger partial charge < -0.3 is 10.6 Å². The van der Waals surface area contributed by atoms with Gasteiger partial charge in [0.05, 0.1) is 12.6 Å². The Hall–Kier alpha value is -1.52. The second-order valence-corrected chi connectivity index (χ2v) is 6.38. The minimum atomic E-state index is 0.0554. The fourth-order valence-corrected chi connectivity index (χ4v) is 3.29. The molecule has 0 bridgehead atoms. The summed E-state index contributed by atoms with van der Waals surface area (Å²) in [7, 11) is 0. The molecule has 5 heteroatoms. The van der Waals surface area contributed by atoms with Gasteiger partial charge in [-0.2, -0.15) is 0 Å². The van der Waals surface area contributed by atoms with E-state index in [-0.39, 0.29) is 6.04 Å². The maximum Gasteiger partial charge on any atom is 0.196 e. The summed E-state index contributed by atoms with van der Waals surface area (Å²) in [4.78, 5) is 6.47. The number of rotatable bonds is 2. The normalized spacial score (nSPS) is 18.0. The summed E-state index contributed by atoms with van der Waals surface area (Å²) in [5.41, 5.74) is 9.43. The number of nitrogens with two attached hydrogens (primary N) is 1. The maximum absolute atomic E-state index is 6.14. The number of anilines is 1. The summed E-state index contributed by atoms with van der Waals surface area (Å²) < 4.78 is 1.01. The molecule has 1 atom stereocenters. The van der Waals surface area contributed by atoms with Crippen molar-refractivity contribution in [1.29, 1.82) is 0 Å². The molecular weight excluding hydrogens is 350 g/mol. The summed E-state index contributed by atoms with van der Waals surface area (Å²) in [6.45, 7) is 2.69. The highest BCUT2D eigenvalue weighted by molar-refractivity contribution is 9.10. The summed E-state index contributed by atoms with van der Waals surface area (Å²) >= 11 is 9.74. The van der Waals surface area contributed by atoms with Crippen LogP contribution in [0.5, 0.6) is 0 Å². The Kier molecular flexibility index (Phi) is 3.91. The number of halogens is 2. The van der Waals surface area contributed by atoms with Gasteiger partial charge in [0, 0.05) is 15.2 Å². The lowest BCUT2D eigenvalue weighted by Crippen LogP contribution is -2.36. The van der Waals surface area contributed by atoms with Gasteiger partial charge in [-0.1, -0.05) is 39.7 Å². The van der Waals surface area contributed by atoms with Crippen molar-refractivity contribution < 1.29 is 0 Å². The topological polar surface area (TPSA) is 41.6 Å². The Morgan fingerprint density at radius 1 is 1.29 bits per heavy atom. The molecule has 1 aliphatic heterocycles. The van der Waals surface area contributed by atoms with Crippen LogP contribution < -0.4 is 10.6 Å². The van der Waals surface area contributed by atoms with Crippen LogP contribution >= 0.6 is 27.5 Å². The SMILES string of the molecule is Cc1cccc(N2C(N)=NCC2c2cc(Cl)ccc2Br)c1. The first-order valence-corrected chi connectivity index (χ1v) is 7.84. The smallest absolute Gasteiger partial charge is 0.196 e. The first-order chi connectivity index (χ1) is 10.1. The van der Waals surface area contributed by atoms with Crippen molar-refractivity contribution in [1.82, 2.24) is 0 Å². The predicted molar refractivity (Wildman–Crippen MR) is 92.0 cm³/mol. The minimum absolute atomic E-state index is 0.0554. The number of hydrogen-bond donors (Lipinski definition) is 1. The second kappa shape index (κ2) is 5.70. The van der Waals surface area contributed by atoms with E-state index in [1.54, 1.807) is 0 Å². The molecule has 0 fully saturated rings. The van der Waals surface area contributed by atoms with Crippen molar-refractivity contribution in [3.05, 3.63) is 63.1 Å². The molecule has 108 valence electrons. The molecule has 0 saturated carbocycles. The van der Waals surface area contributed by atoms with Crippen LogP contribution in [0, 0.1) is 6.92 Å². The number of nitrogens with zero attached hydrogens (tertiary/aromatic N) is 2. The van der Waals surface area contributed by atoms with Gasteiger partial charge in [0.25, 0.3) is 0 Å².